The quantitative estimate of drug-likeness (QED) is 0.848. The molecule has 2 fully saturated rings. The summed E-state index contributed by atoms with van der Waals surface area (Å²) in [5.74, 6) is 2.60. The third kappa shape index (κ3) is 1.77. The maximum absolute atomic E-state index is 10.1. The number of aliphatic hydroxyl groups excluding tert-OH is 1. The zero-order valence-corrected chi connectivity index (χ0v) is 9.84. The van der Waals surface area contributed by atoms with Crippen molar-refractivity contribution in [3.8, 4) is 0 Å². The third-order valence-electron chi connectivity index (χ3n) is 4.49. The van der Waals surface area contributed by atoms with E-state index in [1.54, 1.807) is 4.68 Å². The fraction of sp³-hybridized carbons (Fsp3) is 0.769. The van der Waals surface area contributed by atoms with Gasteiger partial charge < -0.3 is 5.11 Å². The van der Waals surface area contributed by atoms with Crippen LogP contribution in [0, 0.1) is 17.8 Å². The zero-order chi connectivity index (χ0) is 11.1. The Kier molecular flexibility index (Phi) is 2.51. The summed E-state index contributed by atoms with van der Waals surface area (Å²) in [4.78, 5) is 0. The van der Waals surface area contributed by atoms with E-state index in [2.05, 4.69) is 5.10 Å². The Hall–Kier alpha value is -0.830. The predicted molar refractivity (Wildman–Crippen MR) is 61.7 cm³/mol. The second kappa shape index (κ2) is 3.88. The minimum atomic E-state index is -0.356. The number of fused-ring (bicyclic) bond motifs is 2. The van der Waals surface area contributed by atoms with E-state index in [1.807, 2.05) is 19.3 Å². The summed E-state index contributed by atoms with van der Waals surface area (Å²) in [7, 11) is 1.90. The number of aliphatic hydroxyl groups is 1. The van der Waals surface area contributed by atoms with Crippen LogP contribution in [0.1, 0.15) is 43.9 Å². The first kappa shape index (κ1) is 10.3. The van der Waals surface area contributed by atoms with Crippen LogP contribution in [0.4, 0.5) is 0 Å². The van der Waals surface area contributed by atoms with Crippen molar-refractivity contribution in [3.05, 3.63) is 18.0 Å². The molecule has 2 aliphatic carbocycles. The predicted octanol–water partition coefficient (Wildman–Crippen LogP) is 2.28. The molecule has 4 atom stereocenters. The molecule has 0 saturated heterocycles. The van der Waals surface area contributed by atoms with Crippen LogP contribution >= 0.6 is 0 Å². The highest BCUT2D eigenvalue weighted by Crippen LogP contribution is 2.50. The lowest BCUT2D eigenvalue weighted by molar-refractivity contribution is 0.121. The van der Waals surface area contributed by atoms with Crippen molar-refractivity contribution in [2.75, 3.05) is 0 Å². The van der Waals surface area contributed by atoms with Crippen LogP contribution in [0.25, 0.3) is 0 Å². The second-order valence-corrected chi connectivity index (χ2v) is 5.60. The van der Waals surface area contributed by atoms with Crippen LogP contribution in [-0.4, -0.2) is 14.9 Å². The van der Waals surface area contributed by atoms with Crippen LogP contribution in [0.5, 0.6) is 0 Å². The molecular weight excluding hydrogens is 200 g/mol. The van der Waals surface area contributed by atoms with E-state index in [4.69, 9.17) is 0 Å². The summed E-state index contributed by atoms with van der Waals surface area (Å²) in [5.41, 5.74) is 0.838. The number of nitrogens with zero attached hydrogens (tertiary/aromatic N) is 2. The monoisotopic (exact) mass is 220 g/mol. The van der Waals surface area contributed by atoms with Gasteiger partial charge in [0.05, 0.1) is 11.8 Å². The fourth-order valence-corrected chi connectivity index (χ4v) is 3.68. The van der Waals surface area contributed by atoms with E-state index in [0.717, 1.165) is 29.9 Å². The van der Waals surface area contributed by atoms with Gasteiger partial charge >= 0.3 is 0 Å². The normalized spacial score (nSPS) is 34.5. The summed E-state index contributed by atoms with van der Waals surface area (Å²) < 4.78 is 1.76. The van der Waals surface area contributed by atoms with E-state index in [0.29, 0.717) is 0 Å². The molecule has 3 rings (SSSR count). The number of aromatic nitrogens is 2. The number of rotatable bonds is 3. The minimum absolute atomic E-state index is 0.356. The standard InChI is InChI=1S/C13H20N2O/c1-15-5-4-12(14-15)13(16)8-11-7-9-2-3-10(11)6-9/h4-5,9-11,13,16H,2-3,6-8H2,1H3. The van der Waals surface area contributed by atoms with Gasteiger partial charge in [-0.3, -0.25) is 4.68 Å². The average molecular weight is 220 g/mol. The molecule has 2 saturated carbocycles. The Bertz CT molecular complexity index is 374. The first-order valence-electron chi connectivity index (χ1n) is 6.40. The molecule has 88 valence electrons. The molecule has 1 aromatic rings. The maximum Gasteiger partial charge on any atom is 0.0981 e. The Labute approximate surface area is 96.5 Å². The van der Waals surface area contributed by atoms with Gasteiger partial charge in [0.1, 0.15) is 0 Å². The van der Waals surface area contributed by atoms with Crippen LogP contribution in [0.2, 0.25) is 0 Å². The van der Waals surface area contributed by atoms with Crippen LogP contribution in [-0.2, 0) is 7.05 Å². The molecule has 3 nitrogen and oxygen atoms in total. The van der Waals surface area contributed by atoms with Gasteiger partial charge in [-0.05, 0) is 49.5 Å². The lowest BCUT2D eigenvalue weighted by Crippen LogP contribution is -2.14. The number of hydrogen-bond acceptors (Lipinski definition) is 2. The Morgan fingerprint density at radius 1 is 1.50 bits per heavy atom. The average Bonchev–Trinajstić information content (AvgIpc) is 2.92. The van der Waals surface area contributed by atoms with Crippen molar-refractivity contribution >= 4 is 0 Å². The van der Waals surface area contributed by atoms with E-state index in [1.165, 1.54) is 25.7 Å². The molecule has 0 amide bonds. The fourth-order valence-electron chi connectivity index (χ4n) is 3.68. The van der Waals surface area contributed by atoms with Gasteiger partial charge in [0, 0.05) is 13.2 Å². The molecule has 1 aromatic heterocycles. The molecule has 3 heteroatoms. The highest BCUT2D eigenvalue weighted by Gasteiger charge is 2.40. The first-order chi connectivity index (χ1) is 7.72. The van der Waals surface area contributed by atoms with Crippen molar-refractivity contribution in [2.24, 2.45) is 24.8 Å². The summed E-state index contributed by atoms with van der Waals surface area (Å²) in [6.45, 7) is 0. The molecule has 2 aliphatic rings. The van der Waals surface area contributed by atoms with E-state index in [-0.39, 0.29) is 6.10 Å². The van der Waals surface area contributed by atoms with Crippen LogP contribution in [0.15, 0.2) is 12.3 Å². The van der Waals surface area contributed by atoms with E-state index >= 15 is 0 Å². The Morgan fingerprint density at radius 3 is 2.94 bits per heavy atom. The molecule has 2 bridgehead atoms. The molecule has 0 spiro atoms. The highest BCUT2D eigenvalue weighted by molar-refractivity contribution is 5.04. The number of hydrogen-bond donors (Lipinski definition) is 1. The molecule has 1 N–H and O–H groups in total. The molecule has 16 heavy (non-hydrogen) atoms. The largest absolute Gasteiger partial charge is 0.387 e. The van der Waals surface area contributed by atoms with E-state index < -0.39 is 0 Å². The molecule has 1 heterocycles. The highest BCUT2D eigenvalue weighted by atomic mass is 16.3. The third-order valence-corrected chi connectivity index (χ3v) is 4.49. The second-order valence-electron chi connectivity index (χ2n) is 5.60. The summed E-state index contributed by atoms with van der Waals surface area (Å²) in [6, 6.07) is 1.93. The molecule has 0 aromatic carbocycles. The molecular formula is C13H20N2O. The van der Waals surface area contributed by atoms with E-state index in [9.17, 15) is 5.11 Å². The first-order valence-corrected chi connectivity index (χ1v) is 6.40. The zero-order valence-electron chi connectivity index (χ0n) is 9.84. The van der Waals surface area contributed by atoms with Crippen molar-refractivity contribution in [1.29, 1.82) is 0 Å². The Balaban J connectivity index is 1.62. The summed E-state index contributed by atoms with van der Waals surface area (Å²) in [6.07, 6.45) is 8.04. The van der Waals surface area contributed by atoms with Gasteiger partial charge in [-0.1, -0.05) is 6.42 Å². The molecule has 4 unspecified atom stereocenters. The topological polar surface area (TPSA) is 38.0 Å². The van der Waals surface area contributed by atoms with Crippen molar-refractivity contribution < 1.29 is 5.11 Å². The molecule has 0 radical (unpaired) electrons. The molecule has 0 aliphatic heterocycles. The van der Waals surface area contributed by atoms with Gasteiger partial charge in [0.2, 0.25) is 0 Å². The summed E-state index contributed by atoms with van der Waals surface area (Å²) in [5, 5.41) is 14.4. The smallest absolute Gasteiger partial charge is 0.0981 e. The van der Waals surface area contributed by atoms with Gasteiger partial charge in [-0.25, -0.2) is 0 Å². The van der Waals surface area contributed by atoms with Crippen molar-refractivity contribution in [1.82, 2.24) is 9.78 Å². The number of aryl methyl sites for hydroxylation is 1. The van der Waals surface area contributed by atoms with Gasteiger partial charge in [-0.15, -0.1) is 0 Å². The van der Waals surface area contributed by atoms with Crippen molar-refractivity contribution in [2.45, 2.75) is 38.2 Å². The lowest BCUT2D eigenvalue weighted by Gasteiger charge is -2.23. The summed E-state index contributed by atoms with van der Waals surface area (Å²) >= 11 is 0. The van der Waals surface area contributed by atoms with Gasteiger partial charge in [-0.2, -0.15) is 5.10 Å². The van der Waals surface area contributed by atoms with Crippen LogP contribution in [0.3, 0.4) is 0 Å². The lowest BCUT2D eigenvalue weighted by atomic mass is 9.84. The SMILES string of the molecule is Cn1ccc(C(O)CC2CC3CCC2C3)n1. The van der Waals surface area contributed by atoms with Gasteiger partial charge in [0.15, 0.2) is 0 Å². The van der Waals surface area contributed by atoms with Gasteiger partial charge in [0.25, 0.3) is 0 Å². The maximum atomic E-state index is 10.1. The van der Waals surface area contributed by atoms with Crippen LogP contribution < -0.4 is 0 Å². The minimum Gasteiger partial charge on any atom is -0.387 e. The van der Waals surface area contributed by atoms with Crippen molar-refractivity contribution in [3.63, 3.8) is 0 Å². The Morgan fingerprint density at radius 2 is 2.38 bits per heavy atom.